The minimum Gasteiger partial charge on any atom is -0.489 e. The van der Waals surface area contributed by atoms with Crippen molar-refractivity contribution in [2.45, 2.75) is 13.5 Å². The number of alkyl halides is 1. The fourth-order valence-electron chi connectivity index (χ4n) is 1.80. The van der Waals surface area contributed by atoms with Crippen molar-refractivity contribution in [3.63, 3.8) is 0 Å². The lowest BCUT2D eigenvalue weighted by molar-refractivity contribution is 0.298. The summed E-state index contributed by atoms with van der Waals surface area (Å²) in [7, 11) is 0. The van der Waals surface area contributed by atoms with Gasteiger partial charge >= 0.3 is 0 Å². The highest BCUT2D eigenvalue weighted by atomic mass is 35.5. The summed E-state index contributed by atoms with van der Waals surface area (Å²) in [5.41, 5.74) is 2.39. The number of rotatable bonds is 3. The minimum absolute atomic E-state index is 0.209. The second-order valence-electron chi connectivity index (χ2n) is 4.30. The van der Waals surface area contributed by atoms with Crippen LogP contribution >= 0.6 is 11.6 Å². The zero-order valence-electron chi connectivity index (χ0n) is 11.1. The SMILES string of the molecule is Cc1cc(C#CCCl)ccc1OCc1ccccc1F. The normalized spacial score (nSPS) is 9.75. The smallest absolute Gasteiger partial charge is 0.129 e. The molecule has 0 heterocycles. The molecular weight excluding hydrogens is 275 g/mol. The van der Waals surface area contributed by atoms with E-state index in [9.17, 15) is 4.39 Å². The van der Waals surface area contributed by atoms with Gasteiger partial charge in [0, 0.05) is 11.1 Å². The lowest BCUT2D eigenvalue weighted by Gasteiger charge is -2.10. The minimum atomic E-state index is -0.255. The van der Waals surface area contributed by atoms with Gasteiger partial charge in [0.05, 0.1) is 5.88 Å². The first-order chi connectivity index (χ1) is 9.70. The van der Waals surface area contributed by atoms with Crippen LogP contribution in [0.15, 0.2) is 42.5 Å². The number of hydrogen-bond donors (Lipinski definition) is 0. The average Bonchev–Trinajstić information content (AvgIpc) is 2.45. The molecule has 2 aromatic carbocycles. The lowest BCUT2D eigenvalue weighted by Crippen LogP contribution is -1.99. The monoisotopic (exact) mass is 288 g/mol. The van der Waals surface area contributed by atoms with Crippen molar-refractivity contribution in [3.05, 3.63) is 65.0 Å². The number of ether oxygens (including phenoxy) is 1. The molecule has 20 heavy (non-hydrogen) atoms. The second kappa shape index (κ2) is 6.98. The molecule has 0 aromatic heterocycles. The van der Waals surface area contributed by atoms with Crippen LogP contribution in [0.25, 0.3) is 0 Å². The van der Waals surface area contributed by atoms with Gasteiger partial charge in [-0.25, -0.2) is 4.39 Å². The third-order valence-corrected chi connectivity index (χ3v) is 2.95. The Hall–Kier alpha value is -1.98. The molecule has 0 N–H and O–H groups in total. The van der Waals surface area contributed by atoms with Crippen molar-refractivity contribution in [1.29, 1.82) is 0 Å². The van der Waals surface area contributed by atoms with Crippen LogP contribution in [0.5, 0.6) is 5.75 Å². The summed E-state index contributed by atoms with van der Waals surface area (Å²) in [5.74, 6) is 6.53. The van der Waals surface area contributed by atoms with E-state index in [0.717, 1.165) is 16.9 Å². The standard InChI is InChI=1S/C17H14ClFO/c1-13-11-14(5-4-10-18)8-9-17(13)20-12-15-6-2-3-7-16(15)19/h2-3,6-9,11H,10,12H2,1H3. The Morgan fingerprint density at radius 2 is 2.00 bits per heavy atom. The van der Waals surface area contributed by atoms with Crippen LogP contribution in [0.2, 0.25) is 0 Å². The van der Waals surface area contributed by atoms with E-state index in [-0.39, 0.29) is 12.4 Å². The highest BCUT2D eigenvalue weighted by Crippen LogP contribution is 2.20. The third kappa shape index (κ3) is 3.76. The molecule has 0 spiro atoms. The van der Waals surface area contributed by atoms with Gasteiger partial charge in [0.25, 0.3) is 0 Å². The summed E-state index contributed by atoms with van der Waals surface area (Å²) in [6.07, 6.45) is 0. The van der Waals surface area contributed by atoms with Gasteiger partial charge in [-0.1, -0.05) is 30.0 Å². The Kier molecular flexibility index (Phi) is 5.03. The summed E-state index contributed by atoms with van der Waals surface area (Å²) in [5, 5.41) is 0. The first-order valence-corrected chi connectivity index (χ1v) is 6.76. The van der Waals surface area contributed by atoms with Crippen LogP contribution in [0.3, 0.4) is 0 Å². The van der Waals surface area contributed by atoms with Gasteiger partial charge in [0.15, 0.2) is 0 Å². The van der Waals surface area contributed by atoms with E-state index in [1.165, 1.54) is 6.07 Å². The Labute approximate surface area is 123 Å². The maximum absolute atomic E-state index is 13.5. The first kappa shape index (κ1) is 14.4. The van der Waals surface area contributed by atoms with Crippen LogP contribution in [-0.2, 0) is 6.61 Å². The predicted molar refractivity (Wildman–Crippen MR) is 79.5 cm³/mol. The average molecular weight is 289 g/mol. The molecule has 0 aliphatic carbocycles. The quantitative estimate of drug-likeness (QED) is 0.604. The molecule has 0 fully saturated rings. The molecule has 0 saturated heterocycles. The Balaban J connectivity index is 2.09. The summed E-state index contributed by atoms with van der Waals surface area (Å²) in [6.45, 7) is 2.14. The Bertz CT molecular complexity index is 656. The molecule has 2 rings (SSSR count). The molecule has 0 unspecified atom stereocenters. The lowest BCUT2D eigenvalue weighted by atomic mass is 10.1. The number of aryl methyl sites for hydroxylation is 1. The van der Waals surface area contributed by atoms with Gasteiger partial charge in [0.1, 0.15) is 18.2 Å². The van der Waals surface area contributed by atoms with Crippen LogP contribution in [0.1, 0.15) is 16.7 Å². The summed E-state index contributed by atoms with van der Waals surface area (Å²) < 4.78 is 19.1. The predicted octanol–water partition coefficient (Wildman–Crippen LogP) is 4.30. The Morgan fingerprint density at radius 3 is 2.70 bits per heavy atom. The molecular formula is C17H14ClFO. The largest absolute Gasteiger partial charge is 0.489 e. The molecule has 0 bridgehead atoms. The fourth-order valence-corrected chi connectivity index (χ4v) is 1.86. The van der Waals surface area contributed by atoms with Gasteiger partial charge in [-0.3, -0.25) is 0 Å². The molecule has 0 atom stereocenters. The summed E-state index contributed by atoms with van der Waals surface area (Å²) >= 11 is 5.52. The van der Waals surface area contributed by atoms with Crippen LogP contribution in [-0.4, -0.2) is 5.88 Å². The molecule has 2 aromatic rings. The van der Waals surface area contributed by atoms with E-state index >= 15 is 0 Å². The summed E-state index contributed by atoms with van der Waals surface area (Å²) in [4.78, 5) is 0. The van der Waals surface area contributed by atoms with Gasteiger partial charge in [-0.05, 0) is 36.8 Å². The van der Waals surface area contributed by atoms with Gasteiger partial charge in [-0.2, -0.15) is 0 Å². The highest BCUT2D eigenvalue weighted by molar-refractivity contribution is 6.19. The summed E-state index contributed by atoms with van der Waals surface area (Å²) in [6, 6.07) is 12.2. The molecule has 0 saturated carbocycles. The molecule has 0 aliphatic heterocycles. The molecule has 1 nitrogen and oxygen atoms in total. The van der Waals surface area contributed by atoms with Crippen molar-refractivity contribution in [2.24, 2.45) is 0 Å². The molecule has 0 radical (unpaired) electrons. The number of halogens is 2. The van der Waals surface area contributed by atoms with Crippen molar-refractivity contribution >= 4 is 11.6 Å². The van der Waals surface area contributed by atoms with Crippen LogP contribution in [0, 0.1) is 24.6 Å². The van der Waals surface area contributed by atoms with Crippen molar-refractivity contribution in [2.75, 3.05) is 5.88 Å². The van der Waals surface area contributed by atoms with Gasteiger partial charge < -0.3 is 4.74 Å². The third-order valence-electron chi connectivity index (χ3n) is 2.82. The fraction of sp³-hybridized carbons (Fsp3) is 0.176. The van der Waals surface area contributed by atoms with E-state index in [2.05, 4.69) is 11.8 Å². The van der Waals surface area contributed by atoms with Crippen molar-refractivity contribution in [3.8, 4) is 17.6 Å². The molecule has 0 amide bonds. The van der Waals surface area contributed by atoms with E-state index in [1.807, 2.05) is 25.1 Å². The maximum Gasteiger partial charge on any atom is 0.129 e. The molecule has 102 valence electrons. The van der Waals surface area contributed by atoms with Gasteiger partial charge in [0.2, 0.25) is 0 Å². The molecule has 3 heteroatoms. The van der Waals surface area contributed by atoms with Crippen molar-refractivity contribution in [1.82, 2.24) is 0 Å². The second-order valence-corrected chi connectivity index (χ2v) is 4.56. The topological polar surface area (TPSA) is 9.23 Å². The zero-order valence-corrected chi connectivity index (χ0v) is 11.9. The maximum atomic E-state index is 13.5. The number of hydrogen-bond acceptors (Lipinski definition) is 1. The molecule has 0 aliphatic rings. The first-order valence-electron chi connectivity index (χ1n) is 6.22. The Morgan fingerprint density at radius 1 is 1.20 bits per heavy atom. The number of benzene rings is 2. The zero-order chi connectivity index (χ0) is 14.4. The van der Waals surface area contributed by atoms with Crippen LogP contribution in [0.4, 0.5) is 4.39 Å². The van der Waals surface area contributed by atoms with E-state index < -0.39 is 0 Å². The van der Waals surface area contributed by atoms with Gasteiger partial charge in [-0.15, -0.1) is 11.6 Å². The van der Waals surface area contributed by atoms with Crippen LogP contribution < -0.4 is 4.74 Å². The van der Waals surface area contributed by atoms with Crippen molar-refractivity contribution < 1.29 is 9.13 Å². The van der Waals surface area contributed by atoms with E-state index in [4.69, 9.17) is 16.3 Å². The van der Waals surface area contributed by atoms with E-state index in [0.29, 0.717) is 11.4 Å². The highest BCUT2D eigenvalue weighted by Gasteiger charge is 2.04. The van der Waals surface area contributed by atoms with E-state index in [1.54, 1.807) is 18.2 Å².